The molecular weight excluding hydrogens is 609 g/mol. The van der Waals surface area contributed by atoms with E-state index < -0.39 is 0 Å². The van der Waals surface area contributed by atoms with Gasteiger partial charge < -0.3 is 8.83 Å². The second kappa shape index (κ2) is 10.4. The van der Waals surface area contributed by atoms with Crippen LogP contribution in [0.15, 0.2) is 179 Å². The molecule has 0 amide bonds. The number of benzene rings is 9. The predicted molar refractivity (Wildman–Crippen MR) is 210 cm³/mol. The van der Waals surface area contributed by atoms with Gasteiger partial charge in [0.25, 0.3) is 0 Å². The summed E-state index contributed by atoms with van der Waals surface area (Å²) >= 11 is 0. The van der Waals surface area contributed by atoms with Gasteiger partial charge >= 0.3 is 0 Å². The molecule has 2 nitrogen and oxygen atoms in total. The number of hydrogen-bond acceptors (Lipinski definition) is 2. The van der Waals surface area contributed by atoms with E-state index in [-0.39, 0.29) is 0 Å². The average Bonchev–Trinajstić information content (AvgIpc) is 3.75. The van der Waals surface area contributed by atoms with E-state index in [1.54, 1.807) is 0 Å². The van der Waals surface area contributed by atoms with Crippen LogP contribution in [0.5, 0.6) is 0 Å². The van der Waals surface area contributed by atoms with Crippen molar-refractivity contribution < 1.29 is 8.83 Å². The molecule has 0 saturated heterocycles. The zero-order valence-electron chi connectivity index (χ0n) is 27.0. The molecule has 9 aromatic carbocycles. The maximum atomic E-state index is 6.78. The van der Waals surface area contributed by atoms with Gasteiger partial charge in [-0.3, -0.25) is 0 Å². The SMILES string of the molecule is c1ccc(-c2c3ccccc3c(-c3ccc(-c4cc5oc6c(ccc7oc8ccccc8c76)c5c5ccccc45)cc3)c3ccccc23)cc1. The zero-order valence-corrected chi connectivity index (χ0v) is 27.0. The Bertz CT molecular complexity index is 3070. The van der Waals surface area contributed by atoms with Crippen LogP contribution in [0.4, 0.5) is 0 Å². The van der Waals surface area contributed by atoms with Gasteiger partial charge in [-0.1, -0.05) is 146 Å². The molecule has 0 saturated carbocycles. The van der Waals surface area contributed by atoms with E-state index in [0.29, 0.717) is 0 Å². The molecule has 0 aliphatic rings. The Morgan fingerprint density at radius 3 is 1.46 bits per heavy atom. The van der Waals surface area contributed by atoms with Crippen molar-refractivity contribution in [2.24, 2.45) is 0 Å². The standard InChI is InChI=1S/C48H28O2/c1-2-12-30(13-3-1)44-34-16-6-8-18-36(34)45(37-19-9-7-17-35(37)44)31-24-22-29(23-25-31)40-28-43-46(33-15-5-4-14-32(33)40)39-26-27-42-47(48(39)50-43)38-20-10-11-21-41(38)49-42/h1-28H. The number of fused-ring (bicyclic) bond motifs is 11. The fourth-order valence-corrected chi connectivity index (χ4v) is 8.32. The van der Waals surface area contributed by atoms with Crippen molar-refractivity contribution in [1.29, 1.82) is 0 Å². The predicted octanol–water partition coefficient (Wildman–Crippen LogP) is 13.9. The summed E-state index contributed by atoms with van der Waals surface area (Å²) in [6, 6.07) is 60.8. The molecule has 2 aromatic heterocycles. The van der Waals surface area contributed by atoms with Crippen molar-refractivity contribution in [1.82, 2.24) is 0 Å². The molecule has 11 aromatic rings. The normalized spacial score (nSPS) is 12.0. The Balaban J connectivity index is 1.13. The summed E-state index contributed by atoms with van der Waals surface area (Å²) in [5.41, 5.74) is 10.7. The van der Waals surface area contributed by atoms with Gasteiger partial charge in [-0.15, -0.1) is 0 Å². The van der Waals surface area contributed by atoms with E-state index in [9.17, 15) is 0 Å². The quantitative estimate of drug-likeness (QED) is 0.180. The van der Waals surface area contributed by atoms with Crippen LogP contribution in [0.1, 0.15) is 0 Å². The van der Waals surface area contributed by atoms with Crippen LogP contribution in [0.3, 0.4) is 0 Å². The van der Waals surface area contributed by atoms with Crippen LogP contribution in [0, 0.1) is 0 Å². The molecule has 0 fully saturated rings. The van der Waals surface area contributed by atoms with Crippen molar-refractivity contribution in [2.75, 3.05) is 0 Å². The minimum atomic E-state index is 0.842. The number of rotatable bonds is 3. The summed E-state index contributed by atoms with van der Waals surface area (Å²) in [6.07, 6.45) is 0. The Morgan fingerprint density at radius 2 is 0.800 bits per heavy atom. The molecule has 0 N–H and O–H groups in total. The number of furan rings is 2. The Morgan fingerprint density at radius 1 is 0.280 bits per heavy atom. The molecule has 0 aliphatic carbocycles. The summed E-state index contributed by atoms with van der Waals surface area (Å²) in [7, 11) is 0. The maximum absolute atomic E-state index is 6.78. The van der Waals surface area contributed by atoms with Gasteiger partial charge in [0.05, 0.1) is 5.39 Å². The van der Waals surface area contributed by atoms with E-state index in [1.165, 1.54) is 54.6 Å². The highest BCUT2D eigenvalue weighted by atomic mass is 16.3. The summed E-state index contributed by atoms with van der Waals surface area (Å²) < 4.78 is 13.0. The van der Waals surface area contributed by atoms with E-state index in [2.05, 4.69) is 158 Å². The molecule has 11 rings (SSSR count). The number of para-hydroxylation sites is 1. The third kappa shape index (κ3) is 3.85. The maximum Gasteiger partial charge on any atom is 0.147 e. The lowest BCUT2D eigenvalue weighted by molar-refractivity contribution is 0.663. The zero-order chi connectivity index (χ0) is 32.8. The molecule has 0 aliphatic heterocycles. The molecule has 0 unspecified atom stereocenters. The summed E-state index contributed by atoms with van der Waals surface area (Å²) in [5.74, 6) is 0. The van der Waals surface area contributed by atoms with Gasteiger partial charge in [-0.25, -0.2) is 0 Å². The van der Waals surface area contributed by atoms with Gasteiger partial charge in [0.15, 0.2) is 0 Å². The third-order valence-corrected chi connectivity index (χ3v) is 10.5. The van der Waals surface area contributed by atoms with Crippen molar-refractivity contribution in [2.45, 2.75) is 0 Å². The van der Waals surface area contributed by atoms with Crippen LogP contribution < -0.4 is 0 Å². The summed E-state index contributed by atoms with van der Waals surface area (Å²) in [4.78, 5) is 0. The first-order chi connectivity index (χ1) is 24.8. The first-order valence-corrected chi connectivity index (χ1v) is 17.1. The van der Waals surface area contributed by atoms with Crippen molar-refractivity contribution >= 4 is 76.2 Å². The topological polar surface area (TPSA) is 26.3 Å². The fourth-order valence-electron chi connectivity index (χ4n) is 8.32. The summed E-state index contributed by atoms with van der Waals surface area (Å²) in [6.45, 7) is 0. The van der Waals surface area contributed by atoms with E-state index >= 15 is 0 Å². The van der Waals surface area contributed by atoms with Gasteiger partial charge in [0.1, 0.15) is 22.3 Å². The Labute approximate surface area is 287 Å². The highest BCUT2D eigenvalue weighted by molar-refractivity contribution is 6.28. The Hall–Kier alpha value is -6.64. The lowest BCUT2D eigenvalue weighted by atomic mass is 9.85. The number of hydrogen-bond donors (Lipinski definition) is 0. The molecule has 0 atom stereocenters. The Kier molecular flexibility index (Phi) is 5.70. The first kappa shape index (κ1) is 27.3. The van der Waals surface area contributed by atoms with Crippen molar-refractivity contribution in [3.8, 4) is 33.4 Å². The van der Waals surface area contributed by atoms with E-state index in [0.717, 1.165) is 55.0 Å². The molecule has 0 radical (unpaired) electrons. The second-order valence-corrected chi connectivity index (χ2v) is 13.1. The van der Waals surface area contributed by atoms with Crippen LogP contribution in [0.2, 0.25) is 0 Å². The van der Waals surface area contributed by atoms with Gasteiger partial charge in [-0.05, 0) is 90.0 Å². The molecular formula is C48H28O2. The van der Waals surface area contributed by atoms with Crippen molar-refractivity contribution in [3.05, 3.63) is 170 Å². The minimum absolute atomic E-state index is 0.842. The van der Waals surface area contributed by atoms with Crippen LogP contribution in [-0.2, 0) is 0 Å². The third-order valence-electron chi connectivity index (χ3n) is 10.5. The smallest absolute Gasteiger partial charge is 0.147 e. The summed E-state index contributed by atoms with van der Waals surface area (Å²) in [5, 5.41) is 11.8. The first-order valence-electron chi connectivity index (χ1n) is 17.1. The monoisotopic (exact) mass is 636 g/mol. The van der Waals surface area contributed by atoms with Crippen LogP contribution in [-0.4, -0.2) is 0 Å². The molecule has 232 valence electrons. The van der Waals surface area contributed by atoms with Gasteiger partial charge in [0.2, 0.25) is 0 Å². The fraction of sp³-hybridized carbons (Fsp3) is 0. The highest BCUT2D eigenvalue weighted by Crippen LogP contribution is 2.46. The van der Waals surface area contributed by atoms with Gasteiger partial charge in [0, 0.05) is 16.2 Å². The average molecular weight is 637 g/mol. The molecule has 50 heavy (non-hydrogen) atoms. The lowest BCUT2D eigenvalue weighted by Gasteiger charge is -2.18. The van der Waals surface area contributed by atoms with Crippen LogP contribution in [0.25, 0.3) is 110 Å². The van der Waals surface area contributed by atoms with Crippen LogP contribution >= 0.6 is 0 Å². The largest absolute Gasteiger partial charge is 0.456 e. The van der Waals surface area contributed by atoms with E-state index in [1.807, 2.05) is 12.1 Å². The minimum Gasteiger partial charge on any atom is -0.456 e. The molecule has 0 bridgehead atoms. The molecule has 2 heteroatoms. The lowest BCUT2D eigenvalue weighted by Crippen LogP contribution is -1.91. The van der Waals surface area contributed by atoms with Gasteiger partial charge in [-0.2, -0.15) is 0 Å². The molecule has 0 spiro atoms. The second-order valence-electron chi connectivity index (χ2n) is 13.1. The van der Waals surface area contributed by atoms with Crippen molar-refractivity contribution in [3.63, 3.8) is 0 Å². The highest BCUT2D eigenvalue weighted by Gasteiger charge is 2.20. The molecule has 2 heterocycles. The van der Waals surface area contributed by atoms with E-state index in [4.69, 9.17) is 8.83 Å².